The van der Waals surface area contributed by atoms with Crippen molar-refractivity contribution in [3.63, 3.8) is 0 Å². The number of halogens is 4. The standard InChI is InChI=1S/C19H29F3N4O2.HI/c1-14(28-17-7-5-4-6-16(17)27-3)10-24-18(23-2)25-11-15-8-9-26(12-15)13-19(20,21)22;/h4-7,14-15H,8-13H2,1-3H3,(H2,23,24,25);1H. The van der Waals surface area contributed by atoms with E-state index in [-0.39, 0.29) is 36.0 Å². The zero-order valence-electron chi connectivity index (χ0n) is 17.0. The summed E-state index contributed by atoms with van der Waals surface area (Å²) in [4.78, 5) is 5.61. The van der Waals surface area contributed by atoms with E-state index in [2.05, 4.69) is 15.6 Å². The molecule has 0 radical (unpaired) electrons. The van der Waals surface area contributed by atoms with Crippen LogP contribution in [0.2, 0.25) is 0 Å². The Balaban J connectivity index is 0.00000420. The van der Waals surface area contributed by atoms with Gasteiger partial charge in [-0.15, -0.1) is 24.0 Å². The van der Waals surface area contributed by atoms with Crippen LogP contribution in [0, 0.1) is 5.92 Å². The normalized spacial score (nSPS) is 18.7. The number of rotatable bonds is 8. The maximum absolute atomic E-state index is 12.5. The van der Waals surface area contributed by atoms with Crippen molar-refractivity contribution in [2.45, 2.75) is 25.6 Å². The molecule has 0 bridgehead atoms. The first-order chi connectivity index (χ1) is 13.3. The van der Waals surface area contributed by atoms with Gasteiger partial charge in [-0.1, -0.05) is 12.1 Å². The predicted octanol–water partition coefficient (Wildman–Crippen LogP) is 3.13. The van der Waals surface area contributed by atoms with Gasteiger partial charge in [-0.3, -0.25) is 9.89 Å². The summed E-state index contributed by atoms with van der Waals surface area (Å²) in [5.74, 6) is 2.10. The van der Waals surface area contributed by atoms with Gasteiger partial charge >= 0.3 is 6.18 Å². The Morgan fingerprint density at radius 2 is 1.97 bits per heavy atom. The van der Waals surface area contributed by atoms with Crippen LogP contribution in [0.1, 0.15) is 13.3 Å². The van der Waals surface area contributed by atoms with Crippen LogP contribution in [0.5, 0.6) is 11.5 Å². The molecular weight excluding hydrogens is 500 g/mol. The second-order valence-corrected chi connectivity index (χ2v) is 6.92. The summed E-state index contributed by atoms with van der Waals surface area (Å²) in [5, 5.41) is 6.37. The Labute approximate surface area is 187 Å². The summed E-state index contributed by atoms with van der Waals surface area (Å²) < 4.78 is 48.6. The number of likely N-dealkylation sites (tertiary alicyclic amines) is 1. The van der Waals surface area contributed by atoms with Crippen LogP contribution >= 0.6 is 24.0 Å². The number of ether oxygens (including phenoxy) is 2. The molecule has 0 aliphatic carbocycles. The number of hydrogen-bond donors (Lipinski definition) is 2. The van der Waals surface area contributed by atoms with Crippen LogP contribution in [0.4, 0.5) is 13.2 Å². The van der Waals surface area contributed by atoms with Crippen LogP contribution in [-0.4, -0.2) is 70.0 Å². The Kier molecular flexibility index (Phi) is 10.9. The molecule has 1 aromatic carbocycles. The minimum Gasteiger partial charge on any atom is -0.493 e. The van der Waals surface area contributed by atoms with Crippen molar-refractivity contribution in [1.29, 1.82) is 0 Å². The van der Waals surface area contributed by atoms with Crippen molar-refractivity contribution in [1.82, 2.24) is 15.5 Å². The molecule has 1 heterocycles. The molecule has 1 aliphatic rings. The Morgan fingerprint density at radius 1 is 1.28 bits per heavy atom. The van der Waals surface area contributed by atoms with Crippen LogP contribution in [-0.2, 0) is 0 Å². The quantitative estimate of drug-likeness (QED) is 0.308. The van der Waals surface area contributed by atoms with Gasteiger partial charge in [0.15, 0.2) is 17.5 Å². The lowest BCUT2D eigenvalue weighted by Crippen LogP contribution is -2.43. The highest BCUT2D eigenvalue weighted by Crippen LogP contribution is 2.26. The molecule has 2 unspecified atom stereocenters. The fraction of sp³-hybridized carbons (Fsp3) is 0.632. The van der Waals surface area contributed by atoms with Gasteiger partial charge in [0.05, 0.1) is 20.2 Å². The van der Waals surface area contributed by atoms with Gasteiger partial charge in [0.1, 0.15) is 6.10 Å². The molecule has 10 heteroatoms. The number of para-hydroxylation sites is 2. The first-order valence-electron chi connectivity index (χ1n) is 9.34. The maximum atomic E-state index is 12.5. The van der Waals surface area contributed by atoms with Gasteiger partial charge in [-0.2, -0.15) is 13.2 Å². The van der Waals surface area contributed by atoms with Crippen molar-refractivity contribution in [2.24, 2.45) is 10.9 Å². The van der Waals surface area contributed by atoms with Gasteiger partial charge < -0.3 is 20.1 Å². The van der Waals surface area contributed by atoms with Gasteiger partial charge in [-0.25, -0.2) is 0 Å². The predicted molar refractivity (Wildman–Crippen MR) is 118 cm³/mol. The Morgan fingerprint density at radius 3 is 2.59 bits per heavy atom. The average molecular weight is 530 g/mol. The monoisotopic (exact) mass is 530 g/mol. The minimum atomic E-state index is -4.14. The average Bonchev–Trinajstić information content (AvgIpc) is 3.07. The van der Waals surface area contributed by atoms with Crippen molar-refractivity contribution in [3.8, 4) is 11.5 Å². The number of aliphatic imine (C=N–C) groups is 1. The molecule has 166 valence electrons. The number of benzene rings is 1. The molecule has 1 fully saturated rings. The van der Waals surface area contributed by atoms with E-state index in [1.165, 1.54) is 4.90 Å². The van der Waals surface area contributed by atoms with Crippen molar-refractivity contribution in [3.05, 3.63) is 24.3 Å². The van der Waals surface area contributed by atoms with E-state index in [4.69, 9.17) is 9.47 Å². The summed E-state index contributed by atoms with van der Waals surface area (Å²) in [7, 11) is 3.25. The van der Waals surface area contributed by atoms with Crippen LogP contribution in [0.3, 0.4) is 0 Å². The first-order valence-corrected chi connectivity index (χ1v) is 9.34. The lowest BCUT2D eigenvalue weighted by atomic mass is 10.1. The number of methoxy groups -OCH3 is 1. The minimum absolute atomic E-state index is 0. The third-order valence-electron chi connectivity index (χ3n) is 4.51. The summed E-state index contributed by atoms with van der Waals surface area (Å²) in [6, 6.07) is 7.43. The zero-order chi connectivity index (χ0) is 20.6. The summed E-state index contributed by atoms with van der Waals surface area (Å²) in [6.45, 7) is 3.10. The summed E-state index contributed by atoms with van der Waals surface area (Å²) >= 11 is 0. The number of hydrogen-bond acceptors (Lipinski definition) is 4. The van der Waals surface area contributed by atoms with Crippen molar-refractivity contribution >= 4 is 29.9 Å². The second kappa shape index (κ2) is 12.3. The van der Waals surface area contributed by atoms with E-state index in [0.717, 1.165) is 6.42 Å². The van der Waals surface area contributed by atoms with Crippen LogP contribution in [0.15, 0.2) is 29.3 Å². The molecule has 0 saturated carbocycles. The zero-order valence-corrected chi connectivity index (χ0v) is 19.3. The highest BCUT2D eigenvalue weighted by atomic mass is 127. The summed E-state index contributed by atoms with van der Waals surface area (Å²) in [6.07, 6.45) is -3.53. The molecule has 6 nitrogen and oxygen atoms in total. The largest absolute Gasteiger partial charge is 0.493 e. The second-order valence-electron chi connectivity index (χ2n) is 6.92. The van der Waals surface area contributed by atoms with E-state index in [9.17, 15) is 13.2 Å². The molecule has 29 heavy (non-hydrogen) atoms. The van der Waals surface area contributed by atoms with Gasteiger partial charge in [-0.05, 0) is 37.9 Å². The van der Waals surface area contributed by atoms with Gasteiger partial charge in [0.25, 0.3) is 0 Å². The molecule has 0 amide bonds. The van der Waals surface area contributed by atoms with E-state index in [1.807, 2.05) is 31.2 Å². The van der Waals surface area contributed by atoms with Crippen molar-refractivity contribution in [2.75, 3.05) is 46.9 Å². The van der Waals surface area contributed by atoms with Gasteiger partial charge in [0.2, 0.25) is 0 Å². The third kappa shape index (κ3) is 9.28. The number of guanidine groups is 1. The molecule has 0 spiro atoms. The molecule has 1 aromatic rings. The number of alkyl halides is 3. The Bertz CT molecular complexity index is 646. The summed E-state index contributed by atoms with van der Waals surface area (Å²) in [5.41, 5.74) is 0. The molecule has 1 saturated heterocycles. The molecule has 2 N–H and O–H groups in total. The highest BCUT2D eigenvalue weighted by molar-refractivity contribution is 14.0. The highest BCUT2D eigenvalue weighted by Gasteiger charge is 2.34. The number of nitrogens with zero attached hydrogens (tertiary/aromatic N) is 2. The maximum Gasteiger partial charge on any atom is 0.401 e. The first kappa shape index (κ1) is 25.6. The van der Waals surface area contributed by atoms with E-state index in [1.54, 1.807) is 14.2 Å². The topological polar surface area (TPSA) is 58.1 Å². The molecular formula is C19H30F3IN4O2. The SMILES string of the molecule is CN=C(NCC1CCN(CC(F)(F)F)C1)NCC(C)Oc1ccccc1OC.I. The third-order valence-corrected chi connectivity index (χ3v) is 4.51. The van der Waals surface area contributed by atoms with E-state index >= 15 is 0 Å². The number of nitrogens with one attached hydrogen (secondary N) is 2. The molecule has 1 aliphatic heterocycles. The van der Waals surface area contributed by atoms with Crippen molar-refractivity contribution < 1.29 is 22.6 Å². The lowest BCUT2D eigenvalue weighted by molar-refractivity contribution is -0.143. The molecule has 2 atom stereocenters. The van der Waals surface area contributed by atoms with Crippen LogP contribution < -0.4 is 20.1 Å². The van der Waals surface area contributed by atoms with E-state index in [0.29, 0.717) is 43.6 Å². The lowest BCUT2D eigenvalue weighted by Gasteiger charge is -2.20. The Hall–Kier alpha value is -1.43. The molecule has 0 aromatic heterocycles. The van der Waals surface area contributed by atoms with E-state index < -0.39 is 12.7 Å². The fourth-order valence-electron chi connectivity index (χ4n) is 3.15. The smallest absolute Gasteiger partial charge is 0.401 e. The molecule has 2 rings (SSSR count). The fourth-order valence-corrected chi connectivity index (χ4v) is 3.15. The van der Waals surface area contributed by atoms with Gasteiger partial charge in [0, 0.05) is 20.1 Å². The van der Waals surface area contributed by atoms with Crippen LogP contribution in [0.25, 0.3) is 0 Å².